The van der Waals surface area contributed by atoms with E-state index in [4.69, 9.17) is 17.4 Å². The zero-order valence-electron chi connectivity index (χ0n) is 14.2. The summed E-state index contributed by atoms with van der Waals surface area (Å²) in [6, 6.07) is 7.18. The van der Waals surface area contributed by atoms with E-state index in [1.165, 1.54) is 16.4 Å². The van der Waals surface area contributed by atoms with Gasteiger partial charge in [0.15, 0.2) is 5.82 Å². The average molecular weight is 368 g/mol. The standard InChI is InChI=1S/C16H22ClN5OS/c1-5-16(3,4)19-14(23)10(2)24-15-21-20-13(22(15)18)11-6-8-12(17)9-7-11/h6-10H,5,18H2,1-4H3,(H,19,23). The van der Waals surface area contributed by atoms with Crippen molar-refractivity contribution in [2.24, 2.45) is 0 Å². The number of hydrogen-bond donors (Lipinski definition) is 2. The molecular formula is C16H22ClN5OS. The molecule has 3 N–H and O–H groups in total. The van der Waals surface area contributed by atoms with Crippen molar-refractivity contribution >= 4 is 29.3 Å². The number of nitrogens with zero attached hydrogens (tertiary/aromatic N) is 3. The Morgan fingerprint density at radius 2 is 2.00 bits per heavy atom. The molecule has 0 fully saturated rings. The molecule has 130 valence electrons. The van der Waals surface area contributed by atoms with Gasteiger partial charge in [0.05, 0.1) is 5.25 Å². The molecule has 1 unspecified atom stereocenters. The van der Waals surface area contributed by atoms with E-state index in [2.05, 4.69) is 15.5 Å². The van der Waals surface area contributed by atoms with Gasteiger partial charge < -0.3 is 11.2 Å². The van der Waals surface area contributed by atoms with Gasteiger partial charge in [-0.25, -0.2) is 4.68 Å². The second-order valence-corrected chi connectivity index (χ2v) is 7.91. The topological polar surface area (TPSA) is 85.8 Å². The summed E-state index contributed by atoms with van der Waals surface area (Å²) in [7, 11) is 0. The zero-order valence-corrected chi connectivity index (χ0v) is 15.8. The van der Waals surface area contributed by atoms with E-state index in [0.717, 1.165) is 12.0 Å². The summed E-state index contributed by atoms with van der Waals surface area (Å²) in [5, 5.41) is 12.0. The molecule has 1 atom stereocenters. The highest BCUT2D eigenvalue weighted by molar-refractivity contribution is 8.00. The van der Waals surface area contributed by atoms with E-state index in [-0.39, 0.29) is 16.7 Å². The third-order valence-corrected chi connectivity index (χ3v) is 5.07. The lowest BCUT2D eigenvalue weighted by Gasteiger charge is -2.26. The van der Waals surface area contributed by atoms with Crippen molar-refractivity contribution in [3.05, 3.63) is 29.3 Å². The lowest BCUT2D eigenvalue weighted by molar-refractivity contribution is -0.121. The summed E-state index contributed by atoms with van der Waals surface area (Å²) in [4.78, 5) is 12.3. The molecule has 0 radical (unpaired) electrons. The second kappa shape index (κ2) is 7.44. The molecule has 8 heteroatoms. The number of carbonyl (C=O) groups excluding carboxylic acids is 1. The molecule has 2 aromatic rings. The van der Waals surface area contributed by atoms with Crippen LogP contribution in [0.5, 0.6) is 0 Å². The number of nitrogens with two attached hydrogens (primary N) is 1. The van der Waals surface area contributed by atoms with Crippen LogP contribution in [-0.2, 0) is 4.79 Å². The first kappa shape index (κ1) is 18.6. The Kier molecular flexibility index (Phi) is 5.77. The molecule has 1 aromatic heterocycles. The number of benzene rings is 1. The molecule has 0 aliphatic rings. The van der Waals surface area contributed by atoms with Gasteiger partial charge in [-0.1, -0.05) is 30.3 Å². The molecule has 0 spiro atoms. The maximum atomic E-state index is 12.3. The summed E-state index contributed by atoms with van der Waals surface area (Å²) in [5.41, 5.74) is 0.571. The highest BCUT2D eigenvalue weighted by Crippen LogP contribution is 2.26. The molecule has 1 aromatic carbocycles. The predicted molar refractivity (Wildman–Crippen MR) is 98.5 cm³/mol. The van der Waals surface area contributed by atoms with Crippen LogP contribution < -0.4 is 11.2 Å². The van der Waals surface area contributed by atoms with Gasteiger partial charge in [-0.05, 0) is 51.5 Å². The summed E-state index contributed by atoms with van der Waals surface area (Å²) >= 11 is 7.16. The van der Waals surface area contributed by atoms with E-state index in [1.54, 1.807) is 12.1 Å². The number of hydrogen-bond acceptors (Lipinski definition) is 5. The van der Waals surface area contributed by atoms with E-state index < -0.39 is 0 Å². The number of halogens is 1. The third-order valence-electron chi connectivity index (χ3n) is 3.76. The van der Waals surface area contributed by atoms with Crippen molar-refractivity contribution in [2.75, 3.05) is 5.84 Å². The smallest absolute Gasteiger partial charge is 0.233 e. The summed E-state index contributed by atoms with van der Waals surface area (Å²) in [6.07, 6.45) is 0.851. The van der Waals surface area contributed by atoms with Crippen molar-refractivity contribution in [1.29, 1.82) is 0 Å². The van der Waals surface area contributed by atoms with Gasteiger partial charge in [0, 0.05) is 16.1 Å². The quantitative estimate of drug-likeness (QED) is 0.605. The van der Waals surface area contributed by atoms with Crippen LogP contribution in [0.15, 0.2) is 29.4 Å². The maximum Gasteiger partial charge on any atom is 0.233 e. The first-order valence-corrected chi connectivity index (χ1v) is 8.94. The van der Waals surface area contributed by atoms with Gasteiger partial charge in [-0.2, -0.15) is 0 Å². The molecule has 1 heterocycles. The first-order valence-electron chi connectivity index (χ1n) is 7.68. The minimum Gasteiger partial charge on any atom is -0.350 e. The Labute approximate surface area is 151 Å². The number of nitrogens with one attached hydrogen (secondary N) is 1. The molecule has 1 amide bonds. The Hall–Kier alpha value is -1.73. The van der Waals surface area contributed by atoms with Crippen LogP contribution in [0.2, 0.25) is 5.02 Å². The van der Waals surface area contributed by atoms with E-state index in [0.29, 0.717) is 16.0 Å². The number of rotatable bonds is 6. The minimum atomic E-state index is -0.333. The molecule has 0 saturated carbocycles. The number of thioether (sulfide) groups is 1. The maximum absolute atomic E-state index is 12.3. The highest BCUT2D eigenvalue weighted by atomic mass is 35.5. The average Bonchev–Trinajstić information content (AvgIpc) is 2.89. The zero-order chi connectivity index (χ0) is 17.9. The van der Waals surface area contributed by atoms with Gasteiger partial charge in [0.25, 0.3) is 0 Å². The third kappa shape index (κ3) is 4.42. The van der Waals surface area contributed by atoms with E-state index in [1.807, 2.05) is 39.8 Å². The molecule has 6 nitrogen and oxygen atoms in total. The van der Waals surface area contributed by atoms with Gasteiger partial charge in [-0.3, -0.25) is 4.79 Å². The summed E-state index contributed by atoms with van der Waals surface area (Å²) < 4.78 is 1.39. The fraction of sp³-hybridized carbons (Fsp3) is 0.438. The second-order valence-electron chi connectivity index (χ2n) is 6.17. The Bertz CT molecular complexity index is 714. The van der Waals surface area contributed by atoms with Crippen molar-refractivity contribution in [3.8, 4) is 11.4 Å². The van der Waals surface area contributed by atoms with Gasteiger partial charge >= 0.3 is 0 Å². The molecular weight excluding hydrogens is 346 g/mol. The first-order chi connectivity index (χ1) is 11.2. The molecule has 0 aliphatic carbocycles. The van der Waals surface area contributed by atoms with Crippen molar-refractivity contribution in [2.45, 2.75) is 50.1 Å². The Morgan fingerprint density at radius 3 is 2.58 bits per heavy atom. The van der Waals surface area contributed by atoms with Gasteiger partial charge in [0.2, 0.25) is 11.1 Å². The largest absolute Gasteiger partial charge is 0.350 e. The van der Waals surface area contributed by atoms with Gasteiger partial charge in [-0.15, -0.1) is 10.2 Å². The minimum absolute atomic E-state index is 0.0529. The lowest BCUT2D eigenvalue weighted by Crippen LogP contribution is -2.46. The Morgan fingerprint density at radius 1 is 1.38 bits per heavy atom. The normalized spacial score (nSPS) is 12.9. The monoisotopic (exact) mass is 367 g/mol. The van der Waals surface area contributed by atoms with Crippen LogP contribution in [0.25, 0.3) is 11.4 Å². The molecule has 0 aliphatic heterocycles. The number of nitrogen functional groups attached to an aromatic ring is 1. The predicted octanol–water partition coefficient (Wildman–Crippen LogP) is 3.10. The number of amides is 1. The van der Waals surface area contributed by atoms with Gasteiger partial charge in [0.1, 0.15) is 0 Å². The van der Waals surface area contributed by atoms with E-state index in [9.17, 15) is 4.79 Å². The van der Waals surface area contributed by atoms with Crippen molar-refractivity contribution in [1.82, 2.24) is 20.2 Å². The molecule has 0 saturated heterocycles. The van der Waals surface area contributed by atoms with Crippen molar-refractivity contribution < 1.29 is 4.79 Å². The molecule has 0 bridgehead atoms. The fourth-order valence-corrected chi connectivity index (χ4v) is 2.78. The number of carbonyl (C=O) groups is 1. The van der Waals surface area contributed by atoms with Crippen LogP contribution in [-0.4, -0.2) is 31.6 Å². The van der Waals surface area contributed by atoms with Crippen LogP contribution in [0, 0.1) is 0 Å². The van der Waals surface area contributed by atoms with Crippen LogP contribution in [0.4, 0.5) is 0 Å². The van der Waals surface area contributed by atoms with Crippen LogP contribution >= 0.6 is 23.4 Å². The number of aromatic nitrogens is 3. The summed E-state index contributed by atoms with van der Waals surface area (Å²) in [6.45, 7) is 7.84. The Balaban J connectivity index is 2.11. The highest BCUT2D eigenvalue weighted by Gasteiger charge is 2.24. The van der Waals surface area contributed by atoms with Crippen LogP contribution in [0.3, 0.4) is 0 Å². The van der Waals surface area contributed by atoms with Crippen LogP contribution in [0.1, 0.15) is 34.1 Å². The SMILES string of the molecule is CCC(C)(C)NC(=O)C(C)Sc1nnc(-c2ccc(Cl)cc2)n1N. The lowest BCUT2D eigenvalue weighted by atomic mass is 10.0. The molecule has 24 heavy (non-hydrogen) atoms. The summed E-state index contributed by atoms with van der Waals surface area (Å²) in [5.74, 6) is 6.55. The fourth-order valence-electron chi connectivity index (χ4n) is 1.89. The van der Waals surface area contributed by atoms with E-state index >= 15 is 0 Å². The van der Waals surface area contributed by atoms with Crippen molar-refractivity contribution in [3.63, 3.8) is 0 Å². The molecule has 2 rings (SSSR count).